The highest BCUT2D eigenvalue weighted by Gasteiger charge is 2.40. The SMILES string of the molecule is CC(C)(C)CC(C)(C)NC(C)(C)CC(C)(C)C(C)(C)N. The molecule has 0 aromatic heterocycles. The van der Waals surface area contributed by atoms with E-state index in [1.807, 2.05) is 0 Å². The van der Waals surface area contributed by atoms with E-state index in [2.05, 4.69) is 81.5 Å². The highest BCUT2D eigenvalue weighted by molar-refractivity contribution is 4.99. The molecular formula is C18H40N2. The first-order valence-electron chi connectivity index (χ1n) is 7.95. The van der Waals surface area contributed by atoms with Gasteiger partial charge in [0, 0.05) is 16.6 Å². The lowest BCUT2D eigenvalue weighted by Crippen LogP contribution is -2.58. The van der Waals surface area contributed by atoms with Crippen LogP contribution >= 0.6 is 0 Å². The molecule has 0 amide bonds. The Morgan fingerprint density at radius 1 is 0.650 bits per heavy atom. The lowest BCUT2D eigenvalue weighted by atomic mass is 9.68. The molecule has 0 aliphatic carbocycles. The van der Waals surface area contributed by atoms with Crippen molar-refractivity contribution in [2.24, 2.45) is 16.6 Å². The molecule has 0 spiro atoms. The molecule has 0 unspecified atom stereocenters. The smallest absolute Gasteiger partial charge is 0.0149 e. The fraction of sp³-hybridized carbons (Fsp3) is 1.00. The van der Waals surface area contributed by atoms with Gasteiger partial charge in [-0.2, -0.15) is 0 Å². The number of nitrogens with two attached hydrogens (primary N) is 1. The van der Waals surface area contributed by atoms with Gasteiger partial charge in [-0.25, -0.2) is 0 Å². The van der Waals surface area contributed by atoms with Crippen LogP contribution in [0.1, 0.15) is 89.0 Å². The summed E-state index contributed by atoms with van der Waals surface area (Å²) >= 11 is 0. The summed E-state index contributed by atoms with van der Waals surface area (Å²) in [5.74, 6) is 0. The molecule has 0 rings (SSSR count). The summed E-state index contributed by atoms with van der Waals surface area (Å²) in [6, 6.07) is 0. The Morgan fingerprint density at radius 2 is 1.00 bits per heavy atom. The lowest BCUT2D eigenvalue weighted by molar-refractivity contribution is 0.105. The van der Waals surface area contributed by atoms with Crippen LogP contribution in [0.5, 0.6) is 0 Å². The Bertz CT molecular complexity index is 311. The fourth-order valence-electron chi connectivity index (χ4n) is 3.66. The third kappa shape index (κ3) is 7.08. The zero-order valence-corrected chi connectivity index (χ0v) is 16.0. The first kappa shape index (κ1) is 19.9. The van der Waals surface area contributed by atoms with Crippen LogP contribution in [-0.2, 0) is 0 Å². The number of rotatable bonds is 6. The van der Waals surface area contributed by atoms with E-state index in [1.165, 1.54) is 0 Å². The van der Waals surface area contributed by atoms with Crippen LogP contribution in [0.15, 0.2) is 0 Å². The standard InChI is InChI=1S/C18H40N2/c1-14(2,3)12-16(6,7)20-17(8,9)13-15(4,5)18(10,11)19/h20H,12-13,19H2,1-11H3. The Labute approximate surface area is 128 Å². The van der Waals surface area contributed by atoms with Gasteiger partial charge in [-0.05, 0) is 65.2 Å². The third-order valence-electron chi connectivity index (χ3n) is 4.28. The minimum Gasteiger partial charge on any atom is -0.325 e. The minimum absolute atomic E-state index is 0.0644. The van der Waals surface area contributed by atoms with Gasteiger partial charge < -0.3 is 11.1 Å². The molecule has 0 heterocycles. The van der Waals surface area contributed by atoms with Gasteiger partial charge in [0.2, 0.25) is 0 Å². The normalized spacial score (nSPS) is 15.6. The molecular weight excluding hydrogens is 244 g/mol. The summed E-state index contributed by atoms with van der Waals surface area (Å²) < 4.78 is 0. The second-order valence-corrected chi connectivity index (χ2v) is 10.4. The van der Waals surface area contributed by atoms with Crippen molar-refractivity contribution in [2.45, 2.75) is 106 Å². The second-order valence-electron chi connectivity index (χ2n) is 10.4. The molecule has 0 aliphatic heterocycles. The zero-order valence-electron chi connectivity index (χ0n) is 16.0. The van der Waals surface area contributed by atoms with Crippen molar-refractivity contribution in [3.05, 3.63) is 0 Å². The molecule has 0 aliphatic rings. The topological polar surface area (TPSA) is 38.0 Å². The lowest BCUT2D eigenvalue weighted by Gasteiger charge is -2.47. The van der Waals surface area contributed by atoms with E-state index in [0.717, 1.165) is 12.8 Å². The molecule has 0 saturated heterocycles. The van der Waals surface area contributed by atoms with Crippen LogP contribution < -0.4 is 11.1 Å². The quantitative estimate of drug-likeness (QED) is 0.740. The van der Waals surface area contributed by atoms with Gasteiger partial charge in [0.05, 0.1) is 0 Å². The van der Waals surface area contributed by atoms with Crippen molar-refractivity contribution in [1.82, 2.24) is 5.32 Å². The van der Waals surface area contributed by atoms with Gasteiger partial charge in [0.15, 0.2) is 0 Å². The van der Waals surface area contributed by atoms with Crippen LogP contribution in [0.25, 0.3) is 0 Å². The Balaban J connectivity index is 4.92. The zero-order chi connectivity index (χ0) is 16.6. The average Bonchev–Trinajstić information content (AvgIpc) is 1.88. The first-order valence-corrected chi connectivity index (χ1v) is 7.95. The molecule has 2 heteroatoms. The minimum atomic E-state index is -0.180. The Morgan fingerprint density at radius 3 is 1.30 bits per heavy atom. The Kier molecular flexibility index (Phi) is 5.58. The molecule has 20 heavy (non-hydrogen) atoms. The van der Waals surface area contributed by atoms with Crippen LogP contribution in [0.3, 0.4) is 0 Å². The van der Waals surface area contributed by atoms with Crippen LogP contribution in [-0.4, -0.2) is 16.6 Å². The summed E-state index contributed by atoms with van der Waals surface area (Å²) in [5.41, 5.74) is 6.78. The van der Waals surface area contributed by atoms with Crippen molar-refractivity contribution in [2.75, 3.05) is 0 Å². The average molecular weight is 285 g/mol. The largest absolute Gasteiger partial charge is 0.325 e. The monoisotopic (exact) mass is 284 g/mol. The van der Waals surface area contributed by atoms with Crippen molar-refractivity contribution in [1.29, 1.82) is 0 Å². The molecule has 0 aromatic carbocycles. The van der Waals surface area contributed by atoms with Crippen LogP contribution in [0, 0.1) is 10.8 Å². The van der Waals surface area contributed by atoms with Gasteiger partial charge in [0.25, 0.3) is 0 Å². The highest BCUT2D eigenvalue weighted by Crippen LogP contribution is 2.38. The predicted molar refractivity (Wildman–Crippen MR) is 92.0 cm³/mol. The van der Waals surface area contributed by atoms with E-state index in [1.54, 1.807) is 0 Å². The van der Waals surface area contributed by atoms with Crippen molar-refractivity contribution >= 4 is 0 Å². The van der Waals surface area contributed by atoms with Crippen molar-refractivity contribution in [3.8, 4) is 0 Å². The van der Waals surface area contributed by atoms with Gasteiger partial charge in [-0.1, -0.05) is 34.6 Å². The molecule has 0 bridgehead atoms. The van der Waals surface area contributed by atoms with E-state index in [0.29, 0.717) is 5.41 Å². The third-order valence-corrected chi connectivity index (χ3v) is 4.28. The van der Waals surface area contributed by atoms with E-state index in [9.17, 15) is 0 Å². The highest BCUT2D eigenvalue weighted by atomic mass is 15.0. The number of hydrogen-bond acceptors (Lipinski definition) is 2. The molecule has 2 nitrogen and oxygen atoms in total. The molecule has 0 aromatic rings. The molecule has 122 valence electrons. The summed E-state index contributed by atoms with van der Waals surface area (Å²) in [6.45, 7) is 24.9. The van der Waals surface area contributed by atoms with Gasteiger partial charge >= 0.3 is 0 Å². The molecule has 0 atom stereocenters. The fourth-order valence-corrected chi connectivity index (χ4v) is 3.66. The maximum absolute atomic E-state index is 6.36. The second kappa shape index (κ2) is 5.61. The number of hydrogen-bond donors (Lipinski definition) is 2. The Hall–Kier alpha value is -0.0800. The van der Waals surface area contributed by atoms with Crippen molar-refractivity contribution < 1.29 is 0 Å². The predicted octanol–water partition coefficient (Wildman–Crippen LogP) is 4.72. The van der Waals surface area contributed by atoms with Crippen LogP contribution in [0.4, 0.5) is 0 Å². The van der Waals surface area contributed by atoms with E-state index in [-0.39, 0.29) is 22.0 Å². The summed E-state index contributed by atoms with van der Waals surface area (Å²) in [6.07, 6.45) is 2.20. The van der Waals surface area contributed by atoms with E-state index in [4.69, 9.17) is 5.73 Å². The van der Waals surface area contributed by atoms with Gasteiger partial charge in [-0.3, -0.25) is 0 Å². The molecule has 0 saturated carbocycles. The number of nitrogens with one attached hydrogen (secondary N) is 1. The van der Waals surface area contributed by atoms with E-state index < -0.39 is 0 Å². The van der Waals surface area contributed by atoms with Crippen molar-refractivity contribution in [3.63, 3.8) is 0 Å². The maximum atomic E-state index is 6.36. The van der Waals surface area contributed by atoms with E-state index >= 15 is 0 Å². The molecule has 0 fully saturated rings. The van der Waals surface area contributed by atoms with Crippen LogP contribution in [0.2, 0.25) is 0 Å². The summed E-state index contributed by atoms with van der Waals surface area (Å²) in [5, 5.41) is 3.86. The summed E-state index contributed by atoms with van der Waals surface area (Å²) in [4.78, 5) is 0. The molecule has 0 radical (unpaired) electrons. The van der Waals surface area contributed by atoms with Gasteiger partial charge in [-0.15, -0.1) is 0 Å². The maximum Gasteiger partial charge on any atom is 0.0149 e. The van der Waals surface area contributed by atoms with Gasteiger partial charge in [0.1, 0.15) is 0 Å². The molecule has 3 N–H and O–H groups in total. The summed E-state index contributed by atoms with van der Waals surface area (Å²) in [7, 11) is 0. The first-order chi connectivity index (χ1) is 8.37.